The van der Waals surface area contributed by atoms with E-state index in [1.54, 1.807) is 18.2 Å². The van der Waals surface area contributed by atoms with Crippen molar-refractivity contribution in [2.24, 2.45) is 0 Å². The van der Waals surface area contributed by atoms with Gasteiger partial charge in [0.05, 0.1) is 14.2 Å². The van der Waals surface area contributed by atoms with E-state index in [0.29, 0.717) is 30.2 Å². The quantitative estimate of drug-likeness (QED) is 0.732. The number of methoxy groups -OCH3 is 2. The van der Waals surface area contributed by atoms with E-state index in [1.165, 1.54) is 19.1 Å². The second kappa shape index (κ2) is 7.32. The number of likely N-dealkylation sites (tertiary alicyclic amines) is 1. The summed E-state index contributed by atoms with van der Waals surface area (Å²) in [5.74, 6) is -0.163. The summed E-state index contributed by atoms with van der Waals surface area (Å²) in [6.45, 7) is 1.16. The number of carbonyl (C=O) groups is 1. The van der Waals surface area contributed by atoms with Gasteiger partial charge < -0.3 is 18.8 Å². The van der Waals surface area contributed by atoms with E-state index in [-0.39, 0.29) is 5.89 Å². The molecule has 26 heavy (non-hydrogen) atoms. The van der Waals surface area contributed by atoms with Gasteiger partial charge in [-0.2, -0.15) is 0 Å². The van der Waals surface area contributed by atoms with Gasteiger partial charge in [0.15, 0.2) is 11.5 Å². The Balaban J connectivity index is 1.81. The summed E-state index contributed by atoms with van der Waals surface area (Å²) < 4.78 is 40.4. The van der Waals surface area contributed by atoms with Crippen molar-refractivity contribution in [3.8, 4) is 23.0 Å². The summed E-state index contributed by atoms with van der Waals surface area (Å²) in [5, 5.41) is 6.79. The Kier molecular flexibility index (Phi) is 5.12. The lowest BCUT2D eigenvalue weighted by Crippen LogP contribution is -2.33. The number of amides is 1. The summed E-state index contributed by atoms with van der Waals surface area (Å²) in [6, 6.07) is 4.88. The van der Waals surface area contributed by atoms with Crippen LogP contribution in [0, 0.1) is 0 Å². The molecule has 0 unspecified atom stereocenters. The molecule has 0 bridgehead atoms. The second-order valence-corrected chi connectivity index (χ2v) is 7.66. The first-order chi connectivity index (χ1) is 12.4. The Labute approximate surface area is 150 Å². The molecular formula is C16H19N3O6S. The molecule has 1 aromatic carbocycles. The minimum Gasteiger partial charge on any atom is -0.493 e. The van der Waals surface area contributed by atoms with E-state index in [1.807, 2.05) is 0 Å². The average Bonchev–Trinajstić information content (AvgIpc) is 3.32. The molecule has 2 aromatic rings. The van der Waals surface area contributed by atoms with Gasteiger partial charge in [-0.1, -0.05) is 5.10 Å². The zero-order chi connectivity index (χ0) is 18.7. The van der Waals surface area contributed by atoms with Crippen molar-refractivity contribution in [2.45, 2.75) is 18.1 Å². The first kappa shape index (κ1) is 18.2. The Morgan fingerprint density at radius 2 is 1.85 bits per heavy atom. The summed E-state index contributed by atoms with van der Waals surface area (Å²) in [7, 11) is -1.01. The molecular weight excluding hydrogens is 362 g/mol. The van der Waals surface area contributed by atoms with E-state index in [0.717, 1.165) is 12.8 Å². The van der Waals surface area contributed by atoms with Crippen LogP contribution in [0.1, 0.15) is 12.8 Å². The van der Waals surface area contributed by atoms with Crippen LogP contribution in [0.4, 0.5) is 0 Å². The van der Waals surface area contributed by atoms with E-state index < -0.39 is 26.7 Å². The minimum absolute atomic E-state index is 0.0122. The molecule has 1 saturated heterocycles. The highest BCUT2D eigenvalue weighted by Gasteiger charge is 2.30. The van der Waals surface area contributed by atoms with Crippen molar-refractivity contribution in [1.82, 2.24) is 15.1 Å². The van der Waals surface area contributed by atoms with Crippen LogP contribution < -0.4 is 9.47 Å². The fraction of sp³-hybridized carbons (Fsp3) is 0.438. The van der Waals surface area contributed by atoms with Gasteiger partial charge >= 0.3 is 5.22 Å². The number of hydrogen-bond donors (Lipinski definition) is 0. The molecule has 0 aliphatic carbocycles. The van der Waals surface area contributed by atoms with Gasteiger partial charge in [-0.05, 0) is 31.0 Å². The molecule has 0 N–H and O–H groups in total. The Morgan fingerprint density at radius 1 is 1.15 bits per heavy atom. The number of ether oxygens (including phenoxy) is 2. The molecule has 0 radical (unpaired) electrons. The predicted octanol–water partition coefficient (Wildman–Crippen LogP) is 1.15. The van der Waals surface area contributed by atoms with E-state index >= 15 is 0 Å². The minimum atomic E-state index is -4.00. The molecule has 1 aromatic heterocycles. The Hall–Kier alpha value is -2.62. The largest absolute Gasteiger partial charge is 0.493 e. The summed E-state index contributed by atoms with van der Waals surface area (Å²) >= 11 is 0. The standard InChI is InChI=1S/C16H19N3O6S/c1-23-12-6-5-11(9-13(12)24-2)15-17-18-16(25-15)26(21,22)10-14(20)19-7-3-4-8-19/h5-6,9H,3-4,7-8,10H2,1-2H3. The van der Waals surface area contributed by atoms with Gasteiger partial charge in [0.25, 0.3) is 0 Å². The molecule has 0 atom stereocenters. The third-order valence-electron chi connectivity index (χ3n) is 4.08. The number of aromatic nitrogens is 2. The number of sulfone groups is 1. The number of rotatable bonds is 6. The maximum atomic E-state index is 12.4. The molecule has 1 aliphatic rings. The summed E-state index contributed by atoms with van der Waals surface area (Å²) in [4.78, 5) is 13.6. The molecule has 1 aliphatic heterocycles. The lowest BCUT2D eigenvalue weighted by atomic mass is 10.2. The normalized spacial score (nSPS) is 14.5. The zero-order valence-electron chi connectivity index (χ0n) is 14.5. The van der Waals surface area contributed by atoms with Gasteiger partial charge in [-0.25, -0.2) is 8.42 Å². The van der Waals surface area contributed by atoms with Crippen molar-refractivity contribution in [2.75, 3.05) is 33.1 Å². The van der Waals surface area contributed by atoms with Crippen molar-refractivity contribution in [3.05, 3.63) is 18.2 Å². The highest BCUT2D eigenvalue weighted by Crippen LogP contribution is 2.32. The molecule has 10 heteroatoms. The van der Waals surface area contributed by atoms with Crippen LogP contribution >= 0.6 is 0 Å². The van der Waals surface area contributed by atoms with Gasteiger partial charge in [0, 0.05) is 18.7 Å². The molecule has 0 spiro atoms. The Bertz CT molecular complexity index is 902. The smallest absolute Gasteiger partial charge is 0.336 e. The van der Waals surface area contributed by atoms with Crippen LogP contribution in [0.5, 0.6) is 11.5 Å². The molecule has 0 saturated carbocycles. The number of carbonyl (C=O) groups excluding carboxylic acids is 1. The fourth-order valence-electron chi connectivity index (χ4n) is 2.70. The van der Waals surface area contributed by atoms with Crippen LogP contribution in [0.2, 0.25) is 0 Å². The predicted molar refractivity (Wildman–Crippen MR) is 90.7 cm³/mol. The zero-order valence-corrected chi connectivity index (χ0v) is 15.3. The molecule has 1 fully saturated rings. The van der Waals surface area contributed by atoms with Crippen molar-refractivity contribution >= 4 is 15.7 Å². The second-order valence-electron chi connectivity index (χ2n) is 5.79. The first-order valence-corrected chi connectivity index (χ1v) is 9.66. The van der Waals surface area contributed by atoms with Gasteiger partial charge in [-0.15, -0.1) is 5.10 Å². The summed E-state index contributed by atoms with van der Waals surface area (Å²) in [6.07, 6.45) is 1.77. The highest BCUT2D eigenvalue weighted by atomic mass is 32.2. The molecule has 9 nitrogen and oxygen atoms in total. The first-order valence-electron chi connectivity index (χ1n) is 8.01. The maximum absolute atomic E-state index is 12.4. The maximum Gasteiger partial charge on any atom is 0.336 e. The van der Waals surface area contributed by atoms with E-state index in [9.17, 15) is 13.2 Å². The van der Waals surface area contributed by atoms with Gasteiger partial charge in [0.1, 0.15) is 5.75 Å². The van der Waals surface area contributed by atoms with Crippen LogP contribution in [-0.2, 0) is 14.6 Å². The van der Waals surface area contributed by atoms with Crippen molar-refractivity contribution in [3.63, 3.8) is 0 Å². The van der Waals surface area contributed by atoms with Crippen LogP contribution in [0.25, 0.3) is 11.5 Å². The lowest BCUT2D eigenvalue weighted by Gasteiger charge is -2.13. The van der Waals surface area contributed by atoms with Crippen LogP contribution in [0.15, 0.2) is 27.8 Å². The third-order valence-corrected chi connectivity index (χ3v) is 5.40. The number of nitrogens with zero attached hydrogens (tertiary/aromatic N) is 3. The van der Waals surface area contributed by atoms with Crippen LogP contribution in [-0.4, -0.2) is 62.5 Å². The molecule has 3 rings (SSSR count). The Morgan fingerprint density at radius 3 is 2.50 bits per heavy atom. The van der Waals surface area contributed by atoms with Gasteiger partial charge in [-0.3, -0.25) is 4.79 Å². The fourth-order valence-corrected chi connectivity index (χ4v) is 3.71. The highest BCUT2D eigenvalue weighted by molar-refractivity contribution is 7.91. The van der Waals surface area contributed by atoms with Gasteiger partial charge in [0.2, 0.25) is 21.6 Å². The lowest BCUT2D eigenvalue weighted by molar-refractivity contribution is -0.127. The molecule has 2 heterocycles. The summed E-state index contributed by atoms with van der Waals surface area (Å²) in [5.41, 5.74) is 0.475. The van der Waals surface area contributed by atoms with E-state index in [2.05, 4.69) is 10.2 Å². The van der Waals surface area contributed by atoms with E-state index in [4.69, 9.17) is 13.9 Å². The van der Waals surface area contributed by atoms with Crippen molar-refractivity contribution in [1.29, 1.82) is 0 Å². The van der Waals surface area contributed by atoms with Crippen LogP contribution in [0.3, 0.4) is 0 Å². The third kappa shape index (κ3) is 3.64. The SMILES string of the molecule is COc1ccc(-c2nnc(S(=O)(=O)CC(=O)N3CCCC3)o2)cc1OC. The topological polar surface area (TPSA) is 112 Å². The monoisotopic (exact) mass is 381 g/mol. The van der Waals surface area contributed by atoms with Crippen molar-refractivity contribution < 1.29 is 27.1 Å². The number of benzene rings is 1. The molecule has 1 amide bonds. The molecule has 140 valence electrons. The number of hydrogen-bond acceptors (Lipinski definition) is 8. The average molecular weight is 381 g/mol.